The fraction of sp³-hybridized carbons (Fsp3) is 0.250. The first-order valence-corrected chi connectivity index (χ1v) is 8.74. The van der Waals surface area contributed by atoms with Gasteiger partial charge in [-0.25, -0.2) is 4.79 Å². The Hall–Kier alpha value is -3.36. The SMILES string of the molecule is C=C(C)C(=O)OCCCc1ccc(O)c(-n2nc3ccc(C(F)(F)F)cc3n2)c1. The lowest BCUT2D eigenvalue weighted by molar-refractivity contribution is -0.139. The van der Waals surface area contributed by atoms with E-state index < -0.39 is 17.7 Å². The predicted octanol–water partition coefficient (Wildman–Crippen LogP) is 4.20. The van der Waals surface area contributed by atoms with Crippen LogP contribution in [0, 0.1) is 0 Å². The minimum absolute atomic E-state index is 0.0661. The van der Waals surface area contributed by atoms with Gasteiger partial charge < -0.3 is 9.84 Å². The number of aryl methyl sites for hydroxylation is 1. The number of phenols is 1. The van der Waals surface area contributed by atoms with Gasteiger partial charge in [0, 0.05) is 5.57 Å². The van der Waals surface area contributed by atoms with Crippen molar-refractivity contribution in [1.29, 1.82) is 0 Å². The average Bonchev–Trinajstić information content (AvgIpc) is 3.08. The molecule has 1 heterocycles. The summed E-state index contributed by atoms with van der Waals surface area (Å²) in [5, 5.41) is 18.4. The minimum Gasteiger partial charge on any atom is -0.506 e. The molecule has 0 amide bonds. The van der Waals surface area contributed by atoms with Crippen LogP contribution in [0.5, 0.6) is 5.75 Å². The Morgan fingerprint density at radius 2 is 1.90 bits per heavy atom. The highest BCUT2D eigenvalue weighted by atomic mass is 19.4. The summed E-state index contributed by atoms with van der Waals surface area (Å²) in [4.78, 5) is 12.5. The van der Waals surface area contributed by atoms with Crippen LogP contribution >= 0.6 is 0 Å². The zero-order valence-electron chi connectivity index (χ0n) is 15.5. The lowest BCUT2D eigenvalue weighted by Gasteiger charge is -2.07. The Morgan fingerprint density at radius 1 is 1.17 bits per heavy atom. The molecule has 1 N–H and O–H groups in total. The largest absolute Gasteiger partial charge is 0.506 e. The van der Waals surface area contributed by atoms with Gasteiger partial charge in [-0.15, -0.1) is 15.0 Å². The first-order chi connectivity index (χ1) is 13.6. The zero-order chi connectivity index (χ0) is 21.2. The molecule has 0 saturated carbocycles. The van der Waals surface area contributed by atoms with Crippen LogP contribution in [0.4, 0.5) is 13.2 Å². The summed E-state index contributed by atoms with van der Waals surface area (Å²) < 4.78 is 43.7. The van der Waals surface area contributed by atoms with Crippen molar-refractivity contribution in [3.63, 3.8) is 0 Å². The number of hydrogen-bond acceptors (Lipinski definition) is 5. The number of aromatic hydroxyl groups is 1. The zero-order valence-corrected chi connectivity index (χ0v) is 15.5. The number of alkyl halides is 3. The van der Waals surface area contributed by atoms with Gasteiger partial charge in [0.15, 0.2) is 0 Å². The second kappa shape index (κ2) is 7.94. The van der Waals surface area contributed by atoms with Gasteiger partial charge in [-0.1, -0.05) is 12.6 Å². The van der Waals surface area contributed by atoms with Crippen LogP contribution in [0.1, 0.15) is 24.5 Å². The van der Waals surface area contributed by atoms with Gasteiger partial charge in [0.05, 0.1) is 12.2 Å². The van der Waals surface area contributed by atoms with Crippen molar-refractivity contribution in [3.05, 3.63) is 59.7 Å². The van der Waals surface area contributed by atoms with E-state index in [2.05, 4.69) is 16.8 Å². The van der Waals surface area contributed by atoms with Crippen LogP contribution in [0.15, 0.2) is 48.6 Å². The molecule has 29 heavy (non-hydrogen) atoms. The summed E-state index contributed by atoms with van der Waals surface area (Å²) in [5.41, 5.74) is 0.903. The van der Waals surface area contributed by atoms with E-state index in [9.17, 15) is 23.1 Å². The van der Waals surface area contributed by atoms with Crippen molar-refractivity contribution < 1.29 is 27.8 Å². The molecule has 3 rings (SSSR count). The number of fused-ring (bicyclic) bond motifs is 1. The van der Waals surface area contributed by atoms with Gasteiger partial charge in [-0.05, 0) is 55.7 Å². The molecule has 0 aliphatic heterocycles. The molecular formula is C20H18F3N3O3. The number of halogens is 3. The molecule has 0 radical (unpaired) electrons. The number of esters is 1. The topological polar surface area (TPSA) is 77.2 Å². The molecule has 0 saturated heterocycles. The smallest absolute Gasteiger partial charge is 0.416 e. The van der Waals surface area contributed by atoms with Gasteiger partial charge in [0.2, 0.25) is 0 Å². The molecule has 1 aromatic heterocycles. The van der Waals surface area contributed by atoms with Crippen LogP contribution < -0.4 is 0 Å². The van der Waals surface area contributed by atoms with Gasteiger partial charge in [-0.2, -0.15) is 13.2 Å². The number of nitrogens with zero attached hydrogens (tertiary/aromatic N) is 3. The Labute approximate surface area is 164 Å². The van der Waals surface area contributed by atoms with Gasteiger partial charge in [0.25, 0.3) is 0 Å². The molecule has 2 aromatic carbocycles. The maximum absolute atomic E-state index is 12.9. The van der Waals surface area contributed by atoms with E-state index in [1.54, 1.807) is 19.1 Å². The summed E-state index contributed by atoms with van der Waals surface area (Å²) in [6.07, 6.45) is -3.38. The molecule has 152 valence electrons. The van der Waals surface area contributed by atoms with Crippen LogP contribution in [0.3, 0.4) is 0 Å². The second-order valence-corrected chi connectivity index (χ2v) is 6.53. The third-order valence-corrected chi connectivity index (χ3v) is 4.15. The Morgan fingerprint density at radius 3 is 2.59 bits per heavy atom. The lowest BCUT2D eigenvalue weighted by atomic mass is 10.1. The summed E-state index contributed by atoms with van der Waals surface area (Å²) in [6, 6.07) is 7.88. The first kappa shape index (κ1) is 20.4. The fourth-order valence-corrected chi connectivity index (χ4v) is 2.65. The Bertz CT molecular complexity index is 1070. The molecule has 0 spiro atoms. The second-order valence-electron chi connectivity index (χ2n) is 6.53. The van der Waals surface area contributed by atoms with Crippen LogP contribution in [-0.4, -0.2) is 32.7 Å². The normalized spacial score (nSPS) is 11.6. The number of ether oxygens (including phenoxy) is 1. The highest BCUT2D eigenvalue weighted by molar-refractivity contribution is 5.86. The first-order valence-electron chi connectivity index (χ1n) is 8.74. The number of carbonyl (C=O) groups excluding carboxylic acids is 1. The minimum atomic E-state index is -4.48. The molecule has 3 aromatic rings. The van der Waals surface area contributed by atoms with Crippen molar-refractivity contribution in [2.75, 3.05) is 6.61 Å². The summed E-state index contributed by atoms with van der Waals surface area (Å²) in [6.45, 7) is 5.28. The van der Waals surface area contributed by atoms with E-state index in [4.69, 9.17) is 4.74 Å². The van der Waals surface area contributed by atoms with E-state index in [1.807, 2.05) is 0 Å². The van der Waals surface area contributed by atoms with Gasteiger partial charge >= 0.3 is 12.1 Å². The number of phenolic OH excluding ortho intramolecular Hbond substituents is 1. The molecule has 0 atom stereocenters. The highest BCUT2D eigenvalue weighted by Gasteiger charge is 2.31. The van der Waals surface area contributed by atoms with Crippen molar-refractivity contribution in [2.45, 2.75) is 25.9 Å². The maximum Gasteiger partial charge on any atom is 0.416 e. The molecule has 9 heteroatoms. The third-order valence-electron chi connectivity index (χ3n) is 4.15. The number of hydrogen-bond donors (Lipinski definition) is 1. The third kappa shape index (κ3) is 4.74. The van der Waals surface area contributed by atoms with Gasteiger partial charge in [0.1, 0.15) is 22.5 Å². The molecule has 0 unspecified atom stereocenters. The van der Waals surface area contributed by atoms with Gasteiger partial charge in [-0.3, -0.25) is 0 Å². The van der Waals surface area contributed by atoms with Crippen molar-refractivity contribution >= 4 is 17.0 Å². The fourth-order valence-electron chi connectivity index (χ4n) is 2.65. The molecule has 0 aliphatic carbocycles. The number of aromatic nitrogens is 3. The van der Waals surface area contributed by atoms with Crippen LogP contribution in [0.25, 0.3) is 16.7 Å². The number of benzene rings is 2. The molecular weight excluding hydrogens is 387 g/mol. The number of carbonyl (C=O) groups is 1. The van der Waals surface area contributed by atoms with Crippen LogP contribution in [0.2, 0.25) is 0 Å². The van der Waals surface area contributed by atoms with Crippen molar-refractivity contribution in [2.24, 2.45) is 0 Å². The summed E-state index contributed by atoms with van der Waals surface area (Å²) in [7, 11) is 0. The van der Waals surface area contributed by atoms with Crippen LogP contribution in [-0.2, 0) is 22.1 Å². The average molecular weight is 405 g/mol. The Balaban J connectivity index is 1.79. The predicted molar refractivity (Wildman–Crippen MR) is 99.6 cm³/mol. The summed E-state index contributed by atoms with van der Waals surface area (Å²) >= 11 is 0. The maximum atomic E-state index is 12.9. The van der Waals surface area contributed by atoms with E-state index in [-0.39, 0.29) is 29.1 Å². The Kier molecular flexibility index (Phi) is 5.58. The lowest BCUT2D eigenvalue weighted by Crippen LogP contribution is -2.07. The number of rotatable bonds is 6. The quantitative estimate of drug-likeness (QED) is 0.378. The molecule has 0 fully saturated rings. The standard InChI is InChI=1S/C20H18F3N3O3/c1-12(2)19(28)29-9-3-4-13-5-8-18(27)17(10-13)26-24-15-7-6-14(20(21,22)23)11-16(15)25-26/h5-8,10-11,27H,1,3-4,9H2,2H3. The summed E-state index contributed by atoms with van der Waals surface area (Å²) in [5.74, 6) is -0.569. The monoisotopic (exact) mass is 405 g/mol. The van der Waals surface area contributed by atoms with E-state index >= 15 is 0 Å². The highest BCUT2D eigenvalue weighted by Crippen LogP contribution is 2.31. The van der Waals surface area contributed by atoms with Crippen molar-refractivity contribution in [1.82, 2.24) is 15.0 Å². The molecule has 0 bridgehead atoms. The van der Waals surface area contributed by atoms with E-state index in [0.29, 0.717) is 18.4 Å². The van der Waals surface area contributed by atoms with E-state index in [0.717, 1.165) is 22.5 Å². The molecule has 6 nitrogen and oxygen atoms in total. The molecule has 0 aliphatic rings. The van der Waals surface area contributed by atoms with Crippen molar-refractivity contribution in [3.8, 4) is 11.4 Å². The van der Waals surface area contributed by atoms with E-state index in [1.165, 1.54) is 12.1 Å².